The molecule has 0 atom stereocenters. The maximum absolute atomic E-state index is 12.6. The minimum Gasteiger partial charge on any atom is -0.487 e. The maximum atomic E-state index is 12.6. The van der Waals surface area contributed by atoms with Crippen LogP contribution in [0.4, 0.5) is 22.0 Å². The molecule has 0 amide bonds. The summed E-state index contributed by atoms with van der Waals surface area (Å²) in [6.45, 7) is 1.65. The van der Waals surface area contributed by atoms with Crippen molar-refractivity contribution in [3.8, 4) is 5.75 Å². The summed E-state index contributed by atoms with van der Waals surface area (Å²) < 4.78 is 66.3. The second-order valence-corrected chi connectivity index (χ2v) is 4.65. The molecule has 1 aromatic rings. The molecule has 102 valence electrons. The first-order chi connectivity index (χ1) is 8.04. The van der Waals surface area contributed by atoms with Crippen LogP contribution in [0.3, 0.4) is 0 Å². The standard InChI is InChI=1S/C11H10BrF5O/c1-6-3-8(4-7(2)9(6)12)18-5-10(13,14)11(15,16)17/h3-4H,5H2,1-2H3. The summed E-state index contributed by atoms with van der Waals surface area (Å²) in [6, 6.07) is 2.78. The van der Waals surface area contributed by atoms with Gasteiger partial charge in [0.2, 0.25) is 0 Å². The SMILES string of the molecule is Cc1cc(OCC(F)(F)C(F)(F)F)cc(C)c1Br. The third-order valence-electron chi connectivity index (χ3n) is 2.24. The van der Waals surface area contributed by atoms with Crippen molar-refractivity contribution in [3.05, 3.63) is 27.7 Å². The van der Waals surface area contributed by atoms with Crippen LogP contribution < -0.4 is 4.74 Å². The van der Waals surface area contributed by atoms with Crippen LogP contribution in [0, 0.1) is 13.8 Å². The van der Waals surface area contributed by atoms with Gasteiger partial charge in [0, 0.05) is 4.47 Å². The van der Waals surface area contributed by atoms with Crippen molar-refractivity contribution in [2.45, 2.75) is 25.9 Å². The van der Waals surface area contributed by atoms with Crippen molar-refractivity contribution in [2.24, 2.45) is 0 Å². The van der Waals surface area contributed by atoms with Gasteiger partial charge in [0.1, 0.15) is 5.75 Å². The molecule has 0 N–H and O–H groups in total. The highest BCUT2D eigenvalue weighted by atomic mass is 79.9. The normalized spacial score (nSPS) is 12.7. The van der Waals surface area contributed by atoms with Crippen molar-refractivity contribution >= 4 is 15.9 Å². The highest BCUT2D eigenvalue weighted by Crippen LogP contribution is 2.36. The Hall–Kier alpha value is -0.850. The molecule has 0 heterocycles. The van der Waals surface area contributed by atoms with Crippen LogP contribution in [0.5, 0.6) is 5.75 Å². The smallest absolute Gasteiger partial charge is 0.456 e. The minimum absolute atomic E-state index is 0.0166. The predicted octanol–water partition coefficient (Wildman–Crippen LogP) is 4.64. The Morgan fingerprint density at radius 3 is 1.89 bits per heavy atom. The van der Waals surface area contributed by atoms with Crippen LogP contribution >= 0.6 is 15.9 Å². The molecule has 0 aromatic heterocycles. The highest BCUT2D eigenvalue weighted by molar-refractivity contribution is 9.10. The number of ether oxygens (including phenoxy) is 1. The minimum atomic E-state index is -5.60. The lowest BCUT2D eigenvalue weighted by atomic mass is 10.1. The van der Waals surface area contributed by atoms with E-state index >= 15 is 0 Å². The summed E-state index contributed by atoms with van der Waals surface area (Å²) in [6.07, 6.45) is -5.60. The van der Waals surface area contributed by atoms with E-state index in [2.05, 4.69) is 20.7 Å². The number of aryl methyl sites for hydroxylation is 2. The van der Waals surface area contributed by atoms with Gasteiger partial charge in [-0.25, -0.2) is 0 Å². The van der Waals surface area contributed by atoms with E-state index in [9.17, 15) is 22.0 Å². The Balaban J connectivity index is 2.82. The lowest BCUT2D eigenvalue weighted by molar-refractivity contribution is -0.290. The molecule has 0 aliphatic rings. The van der Waals surface area contributed by atoms with E-state index in [0.29, 0.717) is 11.1 Å². The average molecular weight is 333 g/mol. The lowest BCUT2D eigenvalue weighted by Gasteiger charge is -2.20. The quantitative estimate of drug-likeness (QED) is 0.732. The molecular formula is C11H10BrF5O. The van der Waals surface area contributed by atoms with E-state index in [4.69, 9.17) is 0 Å². The summed E-state index contributed by atoms with van der Waals surface area (Å²) in [5, 5.41) is 0. The molecule has 0 bridgehead atoms. The van der Waals surface area contributed by atoms with Crippen LogP contribution in [-0.4, -0.2) is 18.7 Å². The Labute approximate surface area is 109 Å². The van der Waals surface area contributed by atoms with Gasteiger partial charge in [-0.3, -0.25) is 0 Å². The molecule has 1 nitrogen and oxygen atoms in total. The average Bonchev–Trinajstić information content (AvgIpc) is 2.21. The zero-order valence-corrected chi connectivity index (χ0v) is 11.1. The number of rotatable bonds is 3. The van der Waals surface area contributed by atoms with E-state index in [0.717, 1.165) is 4.47 Å². The fourth-order valence-corrected chi connectivity index (χ4v) is 1.47. The summed E-state index contributed by atoms with van der Waals surface area (Å²) in [4.78, 5) is 0. The predicted molar refractivity (Wildman–Crippen MR) is 60.1 cm³/mol. The van der Waals surface area contributed by atoms with Crippen LogP contribution in [0.2, 0.25) is 0 Å². The third kappa shape index (κ3) is 3.34. The zero-order chi connectivity index (χ0) is 14.1. The molecule has 0 aliphatic heterocycles. The molecule has 1 rings (SSSR count). The van der Waals surface area contributed by atoms with Crippen molar-refractivity contribution in [1.29, 1.82) is 0 Å². The van der Waals surface area contributed by atoms with Crippen molar-refractivity contribution < 1.29 is 26.7 Å². The van der Waals surface area contributed by atoms with Gasteiger partial charge in [-0.05, 0) is 37.1 Å². The number of halogens is 6. The lowest BCUT2D eigenvalue weighted by Crippen LogP contribution is -2.41. The van der Waals surface area contributed by atoms with Crippen LogP contribution in [0.15, 0.2) is 16.6 Å². The van der Waals surface area contributed by atoms with E-state index in [1.165, 1.54) is 12.1 Å². The molecule has 0 radical (unpaired) electrons. The third-order valence-corrected chi connectivity index (χ3v) is 3.50. The van der Waals surface area contributed by atoms with Gasteiger partial charge < -0.3 is 4.74 Å². The Morgan fingerprint density at radius 1 is 1.06 bits per heavy atom. The van der Waals surface area contributed by atoms with Gasteiger partial charge in [0.15, 0.2) is 6.61 Å². The largest absolute Gasteiger partial charge is 0.487 e. The summed E-state index contributed by atoms with van der Waals surface area (Å²) in [5.41, 5.74) is 1.39. The van der Waals surface area contributed by atoms with E-state index in [-0.39, 0.29) is 5.75 Å². The van der Waals surface area contributed by atoms with E-state index in [1.54, 1.807) is 13.8 Å². The van der Waals surface area contributed by atoms with Crippen molar-refractivity contribution in [3.63, 3.8) is 0 Å². The van der Waals surface area contributed by atoms with E-state index < -0.39 is 18.7 Å². The molecule has 0 aliphatic carbocycles. The van der Waals surface area contributed by atoms with Gasteiger partial charge in [-0.15, -0.1) is 0 Å². The second kappa shape index (κ2) is 5.03. The molecule has 0 saturated heterocycles. The van der Waals surface area contributed by atoms with Gasteiger partial charge in [-0.2, -0.15) is 22.0 Å². The molecule has 7 heteroatoms. The monoisotopic (exact) mass is 332 g/mol. The Kier molecular flexibility index (Phi) is 4.25. The molecule has 0 spiro atoms. The first kappa shape index (κ1) is 15.2. The zero-order valence-electron chi connectivity index (χ0n) is 9.54. The molecule has 0 fully saturated rings. The summed E-state index contributed by atoms with van der Waals surface area (Å²) >= 11 is 3.25. The molecule has 0 unspecified atom stereocenters. The maximum Gasteiger partial charge on any atom is 0.456 e. The fourth-order valence-electron chi connectivity index (χ4n) is 1.25. The molecular weight excluding hydrogens is 323 g/mol. The first-order valence-electron chi connectivity index (χ1n) is 4.88. The number of hydrogen-bond acceptors (Lipinski definition) is 1. The first-order valence-corrected chi connectivity index (χ1v) is 5.68. The summed E-state index contributed by atoms with van der Waals surface area (Å²) in [5.74, 6) is -4.88. The second-order valence-electron chi connectivity index (χ2n) is 3.86. The summed E-state index contributed by atoms with van der Waals surface area (Å²) in [7, 11) is 0. The van der Waals surface area contributed by atoms with Crippen LogP contribution in [0.25, 0.3) is 0 Å². The van der Waals surface area contributed by atoms with Gasteiger partial charge in [0.05, 0.1) is 0 Å². The highest BCUT2D eigenvalue weighted by Gasteiger charge is 2.58. The van der Waals surface area contributed by atoms with Crippen molar-refractivity contribution in [2.75, 3.05) is 6.61 Å². The number of benzene rings is 1. The Bertz CT molecular complexity index is 419. The van der Waals surface area contributed by atoms with Gasteiger partial charge >= 0.3 is 12.1 Å². The van der Waals surface area contributed by atoms with E-state index in [1.807, 2.05) is 0 Å². The van der Waals surface area contributed by atoms with Crippen LogP contribution in [-0.2, 0) is 0 Å². The molecule has 1 aromatic carbocycles. The van der Waals surface area contributed by atoms with Gasteiger partial charge in [0.25, 0.3) is 0 Å². The molecule has 0 saturated carbocycles. The fraction of sp³-hybridized carbons (Fsp3) is 0.455. The van der Waals surface area contributed by atoms with Gasteiger partial charge in [-0.1, -0.05) is 15.9 Å². The topological polar surface area (TPSA) is 9.23 Å². The van der Waals surface area contributed by atoms with Crippen LogP contribution in [0.1, 0.15) is 11.1 Å². The Morgan fingerprint density at radius 2 is 1.50 bits per heavy atom. The molecule has 18 heavy (non-hydrogen) atoms. The number of alkyl halides is 5. The number of hydrogen-bond donors (Lipinski definition) is 0. The van der Waals surface area contributed by atoms with Crippen molar-refractivity contribution in [1.82, 2.24) is 0 Å².